The number of hydrogen-bond acceptors (Lipinski definition) is 13. The van der Waals surface area contributed by atoms with E-state index in [1.807, 2.05) is 0 Å². The molecule has 6 atom stereocenters. The fourth-order valence-corrected chi connectivity index (χ4v) is 4.16. The van der Waals surface area contributed by atoms with Crippen molar-refractivity contribution in [3.8, 4) is 0 Å². The molecule has 19 nitrogen and oxygen atoms in total. The summed E-state index contributed by atoms with van der Waals surface area (Å²) in [7, 11) is 0. The SMILES string of the molecule is NC(CCC(=O)NC(CS)C(=O)NC(CCC(=O)NC(CS)C(=O)NC(CCC(=O)NC(CS)C(=O)O)C(=O)O)C(=O)O)C(=O)O. The molecule has 0 aromatic rings. The van der Waals surface area contributed by atoms with E-state index in [-0.39, 0.29) is 30.1 Å². The van der Waals surface area contributed by atoms with E-state index in [0.29, 0.717) is 0 Å². The van der Waals surface area contributed by atoms with Gasteiger partial charge in [-0.1, -0.05) is 0 Å². The molecular weight excluding hydrogens is 676 g/mol. The Morgan fingerprint density at radius 1 is 0.457 bits per heavy atom. The van der Waals surface area contributed by atoms with Crippen molar-refractivity contribution in [1.29, 1.82) is 0 Å². The van der Waals surface area contributed by atoms with Crippen LogP contribution in [0.4, 0.5) is 0 Å². The Morgan fingerprint density at radius 3 is 1.04 bits per heavy atom. The minimum Gasteiger partial charge on any atom is -0.480 e. The maximum Gasteiger partial charge on any atom is 0.327 e. The lowest BCUT2D eigenvalue weighted by atomic mass is 10.1. The van der Waals surface area contributed by atoms with E-state index in [9.17, 15) is 53.4 Å². The Hall–Kier alpha value is -3.76. The molecule has 0 fully saturated rings. The third kappa shape index (κ3) is 16.5. The summed E-state index contributed by atoms with van der Waals surface area (Å²) in [5, 5.41) is 47.7. The molecule has 260 valence electrons. The first-order valence-corrected chi connectivity index (χ1v) is 15.3. The van der Waals surface area contributed by atoms with E-state index in [0.717, 1.165) is 0 Å². The molecule has 0 aliphatic carbocycles. The number of carbonyl (C=O) groups is 9. The van der Waals surface area contributed by atoms with Crippen LogP contribution in [0.5, 0.6) is 0 Å². The van der Waals surface area contributed by atoms with E-state index >= 15 is 0 Å². The normalized spacial score (nSPS) is 14.6. The minimum atomic E-state index is -1.62. The van der Waals surface area contributed by atoms with Crippen LogP contribution < -0.4 is 32.3 Å². The van der Waals surface area contributed by atoms with Crippen LogP contribution >= 0.6 is 37.9 Å². The highest BCUT2D eigenvalue weighted by Gasteiger charge is 2.29. The van der Waals surface area contributed by atoms with Gasteiger partial charge in [-0.05, 0) is 19.3 Å². The van der Waals surface area contributed by atoms with Crippen LogP contribution in [-0.2, 0) is 43.2 Å². The molecule has 0 aromatic carbocycles. The van der Waals surface area contributed by atoms with Crippen LogP contribution in [0.2, 0.25) is 0 Å². The van der Waals surface area contributed by atoms with Crippen LogP contribution in [-0.4, -0.2) is 127 Å². The van der Waals surface area contributed by atoms with Gasteiger partial charge in [0.2, 0.25) is 29.5 Å². The zero-order valence-electron chi connectivity index (χ0n) is 24.2. The molecule has 0 heterocycles. The monoisotopic (exact) mass is 714 g/mol. The van der Waals surface area contributed by atoms with Crippen molar-refractivity contribution in [2.24, 2.45) is 5.73 Å². The number of hydrogen-bond donors (Lipinski definition) is 13. The molecule has 0 aromatic heterocycles. The van der Waals surface area contributed by atoms with Gasteiger partial charge in [0.05, 0.1) is 0 Å². The number of amides is 5. The second-order valence-electron chi connectivity index (χ2n) is 9.61. The van der Waals surface area contributed by atoms with Gasteiger partial charge in [0.15, 0.2) is 0 Å². The van der Waals surface area contributed by atoms with Gasteiger partial charge < -0.3 is 52.7 Å². The minimum absolute atomic E-state index is 0.217. The smallest absolute Gasteiger partial charge is 0.327 e. The first-order valence-electron chi connectivity index (χ1n) is 13.4. The molecule has 46 heavy (non-hydrogen) atoms. The Morgan fingerprint density at radius 2 is 0.761 bits per heavy atom. The molecule has 0 radical (unpaired) electrons. The van der Waals surface area contributed by atoms with Crippen LogP contribution in [0.15, 0.2) is 0 Å². The van der Waals surface area contributed by atoms with Gasteiger partial charge in [-0.3, -0.25) is 28.8 Å². The average molecular weight is 715 g/mol. The number of rotatable bonds is 23. The van der Waals surface area contributed by atoms with E-state index in [4.69, 9.17) is 15.9 Å². The highest BCUT2D eigenvalue weighted by molar-refractivity contribution is 7.80. The van der Waals surface area contributed by atoms with Crippen LogP contribution in [0, 0.1) is 0 Å². The largest absolute Gasteiger partial charge is 0.480 e. The fraction of sp³-hybridized carbons (Fsp3) is 0.625. The van der Waals surface area contributed by atoms with Crippen molar-refractivity contribution < 1.29 is 63.6 Å². The lowest BCUT2D eigenvalue weighted by molar-refractivity contribution is -0.143. The molecule has 0 aliphatic heterocycles. The Labute approximate surface area is 278 Å². The van der Waals surface area contributed by atoms with Crippen molar-refractivity contribution in [3.05, 3.63) is 0 Å². The van der Waals surface area contributed by atoms with Crippen LogP contribution in [0.25, 0.3) is 0 Å². The van der Waals surface area contributed by atoms with Gasteiger partial charge in [-0.2, -0.15) is 37.9 Å². The molecular formula is C24H38N6O13S3. The summed E-state index contributed by atoms with van der Waals surface area (Å²) in [5.74, 6) is -10.8. The predicted molar refractivity (Wildman–Crippen MR) is 167 cm³/mol. The standard InChI is InChI=1S/C24H38N6O13S3/c25-10(21(36)37)1-4-16(31)26-13(7-44)19(34)29-11(22(38)39)2-5-17(32)27-14(8-45)20(35)30-12(23(40)41)3-6-18(33)28-15(9-46)24(42)43/h10-15,44-46H,1-9,25H2,(H,26,31)(H,27,32)(H,28,33)(H,29,34)(H,30,35)(H,36,37)(H,38,39)(H,40,41)(H,42,43). The number of nitrogens with one attached hydrogen (secondary N) is 5. The molecule has 0 bridgehead atoms. The molecule has 0 rings (SSSR count). The van der Waals surface area contributed by atoms with Gasteiger partial charge >= 0.3 is 23.9 Å². The fourth-order valence-electron chi connectivity index (χ4n) is 3.39. The van der Waals surface area contributed by atoms with Crippen LogP contribution in [0.3, 0.4) is 0 Å². The van der Waals surface area contributed by atoms with Crippen LogP contribution in [0.1, 0.15) is 38.5 Å². The van der Waals surface area contributed by atoms with Crippen molar-refractivity contribution in [1.82, 2.24) is 26.6 Å². The third-order valence-electron chi connectivity index (χ3n) is 6.03. The quantitative estimate of drug-likeness (QED) is 0.0452. The molecule has 6 unspecified atom stereocenters. The zero-order chi connectivity index (χ0) is 35.6. The summed E-state index contributed by atoms with van der Waals surface area (Å²) >= 11 is 11.7. The van der Waals surface area contributed by atoms with E-state index in [2.05, 4.69) is 64.5 Å². The summed E-state index contributed by atoms with van der Waals surface area (Å²) in [6.07, 6.45) is -2.45. The Kier molecular flexibility index (Phi) is 20.1. The Balaban J connectivity index is 5.08. The van der Waals surface area contributed by atoms with Gasteiger partial charge in [-0.15, -0.1) is 0 Å². The zero-order valence-corrected chi connectivity index (χ0v) is 26.9. The molecule has 0 spiro atoms. The highest BCUT2D eigenvalue weighted by Crippen LogP contribution is 2.05. The van der Waals surface area contributed by atoms with Crippen molar-refractivity contribution in [2.75, 3.05) is 17.3 Å². The molecule has 11 N–H and O–H groups in total. The topological polar surface area (TPSA) is 321 Å². The van der Waals surface area contributed by atoms with Gasteiger partial charge in [0, 0.05) is 36.5 Å². The van der Waals surface area contributed by atoms with E-state index < -0.39 is 115 Å². The molecule has 5 amide bonds. The second kappa shape index (κ2) is 21.9. The third-order valence-corrected chi connectivity index (χ3v) is 7.13. The predicted octanol–water partition coefficient (Wildman–Crippen LogP) is -3.79. The maximum absolute atomic E-state index is 12.6. The number of carboxylic acids is 4. The highest BCUT2D eigenvalue weighted by atomic mass is 32.1. The number of carbonyl (C=O) groups excluding carboxylic acids is 5. The summed E-state index contributed by atoms with van der Waals surface area (Å²) in [4.78, 5) is 107. The van der Waals surface area contributed by atoms with Crippen molar-refractivity contribution >= 4 is 91.3 Å². The lowest BCUT2D eigenvalue weighted by Gasteiger charge is -2.22. The number of thiol groups is 3. The number of carboxylic acid groups (broad SMARTS) is 4. The van der Waals surface area contributed by atoms with Crippen molar-refractivity contribution in [3.63, 3.8) is 0 Å². The first-order chi connectivity index (χ1) is 21.5. The number of nitrogens with two attached hydrogens (primary N) is 1. The summed E-state index contributed by atoms with van der Waals surface area (Å²) in [6, 6.07) is -8.52. The molecule has 22 heteroatoms. The summed E-state index contributed by atoms with van der Waals surface area (Å²) < 4.78 is 0. The molecule has 0 saturated heterocycles. The van der Waals surface area contributed by atoms with E-state index in [1.54, 1.807) is 0 Å². The first kappa shape index (κ1) is 42.2. The maximum atomic E-state index is 12.6. The summed E-state index contributed by atoms with van der Waals surface area (Å²) in [6.45, 7) is 0. The van der Waals surface area contributed by atoms with E-state index in [1.165, 1.54) is 0 Å². The second-order valence-corrected chi connectivity index (χ2v) is 10.7. The lowest BCUT2D eigenvalue weighted by Crippen LogP contribution is -2.54. The molecule has 0 saturated carbocycles. The molecule has 0 aliphatic rings. The number of aliphatic carboxylic acids is 4. The average Bonchev–Trinajstić information content (AvgIpc) is 2.99. The van der Waals surface area contributed by atoms with Gasteiger partial charge in [-0.25, -0.2) is 14.4 Å². The summed E-state index contributed by atoms with van der Waals surface area (Å²) in [5.41, 5.74) is 5.33. The van der Waals surface area contributed by atoms with Crippen molar-refractivity contribution in [2.45, 2.75) is 74.8 Å². The van der Waals surface area contributed by atoms with Gasteiger partial charge in [0.1, 0.15) is 36.3 Å². The Bertz CT molecular complexity index is 1140. The van der Waals surface area contributed by atoms with Gasteiger partial charge in [0.25, 0.3) is 0 Å².